The number of rotatable bonds is 8. The molecule has 0 aliphatic heterocycles. The topological polar surface area (TPSA) is 150 Å². The smallest absolute Gasteiger partial charge is 0.328 e. The molecule has 1 aromatic rings. The number of hydrogen-bond acceptors (Lipinski definition) is 5. The first-order valence-electron chi connectivity index (χ1n) is 7.27. The van der Waals surface area contributed by atoms with E-state index >= 15 is 0 Å². The maximum atomic E-state index is 11.7. The van der Waals surface area contributed by atoms with E-state index in [0.29, 0.717) is 0 Å². The fraction of sp³-hybridized carbons (Fsp3) is 0.500. The predicted octanol–water partition coefficient (Wildman–Crippen LogP) is -1.73. The number of nitrogens with one attached hydrogen (secondary N) is 3. The summed E-state index contributed by atoms with van der Waals surface area (Å²) < 4.78 is 0.966. The maximum absolute atomic E-state index is 11.7. The Labute approximate surface area is 136 Å². The van der Waals surface area contributed by atoms with E-state index in [4.69, 9.17) is 5.11 Å². The van der Waals surface area contributed by atoms with Crippen molar-refractivity contribution in [1.29, 1.82) is 0 Å². The fourth-order valence-electron chi connectivity index (χ4n) is 1.90. The number of carboxylic acid groups (broad SMARTS) is 1. The number of aromatic nitrogens is 2. The van der Waals surface area contributed by atoms with Gasteiger partial charge in [0, 0.05) is 12.3 Å². The van der Waals surface area contributed by atoms with Crippen molar-refractivity contribution in [2.45, 2.75) is 32.9 Å². The lowest BCUT2D eigenvalue weighted by Gasteiger charge is -2.16. The second-order valence-corrected chi connectivity index (χ2v) is 5.60. The second kappa shape index (κ2) is 8.65. The van der Waals surface area contributed by atoms with E-state index in [1.807, 2.05) is 18.8 Å². The van der Waals surface area contributed by atoms with Crippen LogP contribution in [0.2, 0.25) is 0 Å². The highest BCUT2D eigenvalue weighted by molar-refractivity contribution is 5.87. The fourth-order valence-corrected chi connectivity index (χ4v) is 1.90. The van der Waals surface area contributed by atoms with Gasteiger partial charge in [0.1, 0.15) is 12.6 Å². The average Bonchev–Trinajstić information content (AvgIpc) is 2.47. The van der Waals surface area contributed by atoms with E-state index in [2.05, 4.69) is 10.6 Å². The Morgan fingerprint density at radius 3 is 2.46 bits per heavy atom. The zero-order chi connectivity index (χ0) is 18.3. The van der Waals surface area contributed by atoms with Crippen molar-refractivity contribution >= 4 is 17.8 Å². The second-order valence-electron chi connectivity index (χ2n) is 5.60. The maximum Gasteiger partial charge on any atom is 0.328 e. The van der Waals surface area contributed by atoms with Gasteiger partial charge in [0.05, 0.1) is 6.54 Å². The molecule has 132 valence electrons. The number of nitrogens with zero attached hydrogens (tertiary/aromatic N) is 1. The molecule has 0 aromatic carbocycles. The summed E-state index contributed by atoms with van der Waals surface area (Å²) in [6.45, 7) is 2.85. The number of carbonyl (C=O) groups is 3. The van der Waals surface area contributed by atoms with E-state index in [1.54, 1.807) is 0 Å². The standard InChI is InChI=1S/C14H20N4O6/c1-8(2)5-9(13(22)23)16-11(20)6-15-12(21)7-18-4-3-10(19)17-14(18)24/h3-4,8-9H,5-7H2,1-2H3,(H,15,21)(H,16,20)(H,22,23)(H,17,19,24)/t9-/m0/s1. The van der Waals surface area contributed by atoms with Crippen molar-refractivity contribution < 1.29 is 19.5 Å². The highest BCUT2D eigenvalue weighted by atomic mass is 16.4. The van der Waals surface area contributed by atoms with Crippen LogP contribution in [0.4, 0.5) is 0 Å². The molecule has 1 heterocycles. The Bertz CT molecular complexity index is 720. The molecule has 24 heavy (non-hydrogen) atoms. The van der Waals surface area contributed by atoms with Crippen LogP contribution in [0, 0.1) is 5.92 Å². The third kappa shape index (κ3) is 6.46. The van der Waals surface area contributed by atoms with Crippen molar-refractivity contribution in [3.05, 3.63) is 33.1 Å². The normalized spacial score (nSPS) is 11.8. The molecule has 0 aliphatic rings. The Hall–Kier alpha value is -2.91. The van der Waals surface area contributed by atoms with Gasteiger partial charge in [-0.2, -0.15) is 0 Å². The molecule has 1 atom stereocenters. The van der Waals surface area contributed by atoms with Crippen molar-refractivity contribution in [2.75, 3.05) is 6.54 Å². The first-order chi connectivity index (χ1) is 11.2. The third-order valence-electron chi connectivity index (χ3n) is 3.00. The van der Waals surface area contributed by atoms with Gasteiger partial charge in [0.15, 0.2) is 0 Å². The van der Waals surface area contributed by atoms with Gasteiger partial charge in [-0.3, -0.25) is 23.9 Å². The molecular weight excluding hydrogens is 320 g/mol. The highest BCUT2D eigenvalue weighted by Crippen LogP contribution is 2.04. The summed E-state index contributed by atoms with van der Waals surface area (Å²) in [5.74, 6) is -2.35. The van der Waals surface area contributed by atoms with Crippen LogP contribution in [0.3, 0.4) is 0 Å². The summed E-state index contributed by atoms with van der Waals surface area (Å²) in [4.78, 5) is 58.8. The number of carbonyl (C=O) groups excluding carboxylic acids is 2. The number of H-pyrrole nitrogens is 1. The molecule has 0 bridgehead atoms. The summed E-state index contributed by atoms with van der Waals surface area (Å²) in [5.41, 5.74) is -1.33. The SMILES string of the molecule is CC(C)C[C@H](NC(=O)CNC(=O)Cn1ccc(=O)[nH]c1=O)C(=O)O. The van der Waals surface area contributed by atoms with Gasteiger partial charge in [0.25, 0.3) is 5.56 Å². The molecule has 4 N–H and O–H groups in total. The summed E-state index contributed by atoms with van der Waals surface area (Å²) in [5, 5.41) is 13.6. The number of aliphatic carboxylic acids is 1. The molecular formula is C14H20N4O6. The first-order valence-corrected chi connectivity index (χ1v) is 7.27. The average molecular weight is 340 g/mol. The molecule has 0 saturated heterocycles. The molecule has 10 heteroatoms. The molecule has 0 radical (unpaired) electrons. The summed E-state index contributed by atoms with van der Waals surface area (Å²) in [7, 11) is 0. The molecule has 0 fully saturated rings. The number of carboxylic acids is 1. The van der Waals surface area contributed by atoms with Crippen LogP contribution in [0.5, 0.6) is 0 Å². The number of hydrogen-bond donors (Lipinski definition) is 4. The zero-order valence-electron chi connectivity index (χ0n) is 13.4. The first kappa shape index (κ1) is 19.1. The predicted molar refractivity (Wildman–Crippen MR) is 83.4 cm³/mol. The molecule has 0 unspecified atom stereocenters. The molecule has 1 rings (SSSR count). The van der Waals surface area contributed by atoms with Gasteiger partial charge in [-0.1, -0.05) is 13.8 Å². The van der Waals surface area contributed by atoms with Crippen LogP contribution in [0.25, 0.3) is 0 Å². The highest BCUT2D eigenvalue weighted by Gasteiger charge is 2.21. The molecule has 0 aliphatic carbocycles. The lowest BCUT2D eigenvalue weighted by molar-refractivity contribution is -0.142. The monoisotopic (exact) mass is 340 g/mol. The van der Waals surface area contributed by atoms with E-state index in [0.717, 1.165) is 16.8 Å². The van der Waals surface area contributed by atoms with Crippen LogP contribution >= 0.6 is 0 Å². The summed E-state index contributed by atoms with van der Waals surface area (Å²) in [6.07, 6.45) is 1.42. The van der Waals surface area contributed by atoms with Crippen LogP contribution in [-0.4, -0.2) is 45.0 Å². The number of aromatic amines is 1. The van der Waals surface area contributed by atoms with Crippen molar-refractivity contribution in [2.24, 2.45) is 5.92 Å². The minimum atomic E-state index is -1.15. The van der Waals surface area contributed by atoms with Gasteiger partial charge in [-0.05, 0) is 12.3 Å². The van der Waals surface area contributed by atoms with Crippen LogP contribution < -0.4 is 21.9 Å². The van der Waals surface area contributed by atoms with Crippen LogP contribution in [-0.2, 0) is 20.9 Å². The Balaban J connectivity index is 2.51. The molecule has 1 aromatic heterocycles. The van der Waals surface area contributed by atoms with Gasteiger partial charge in [-0.25, -0.2) is 9.59 Å². The van der Waals surface area contributed by atoms with E-state index in [1.165, 1.54) is 0 Å². The molecule has 10 nitrogen and oxygen atoms in total. The summed E-state index contributed by atoms with van der Waals surface area (Å²) in [6, 6.07) is 0.0568. The van der Waals surface area contributed by atoms with E-state index in [-0.39, 0.29) is 18.9 Å². The third-order valence-corrected chi connectivity index (χ3v) is 3.00. The van der Waals surface area contributed by atoms with Crippen molar-refractivity contribution in [3.63, 3.8) is 0 Å². The largest absolute Gasteiger partial charge is 0.480 e. The van der Waals surface area contributed by atoms with Crippen molar-refractivity contribution in [3.8, 4) is 0 Å². The molecule has 0 saturated carbocycles. The molecule has 0 spiro atoms. The lowest BCUT2D eigenvalue weighted by Crippen LogP contribution is -2.46. The van der Waals surface area contributed by atoms with Crippen molar-refractivity contribution in [1.82, 2.24) is 20.2 Å². The molecule has 2 amide bonds. The van der Waals surface area contributed by atoms with Gasteiger partial charge >= 0.3 is 11.7 Å². The lowest BCUT2D eigenvalue weighted by atomic mass is 10.0. The zero-order valence-corrected chi connectivity index (χ0v) is 13.4. The quantitative estimate of drug-likeness (QED) is 0.441. The van der Waals surface area contributed by atoms with Gasteiger partial charge in [-0.15, -0.1) is 0 Å². The van der Waals surface area contributed by atoms with E-state index < -0.39 is 41.6 Å². The Kier molecular flexibility index (Phi) is 6.90. The minimum Gasteiger partial charge on any atom is -0.480 e. The van der Waals surface area contributed by atoms with Gasteiger partial charge in [0.2, 0.25) is 11.8 Å². The Morgan fingerprint density at radius 1 is 1.25 bits per heavy atom. The van der Waals surface area contributed by atoms with Crippen LogP contribution in [0.1, 0.15) is 20.3 Å². The van der Waals surface area contributed by atoms with Gasteiger partial charge < -0.3 is 15.7 Å². The van der Waals surface area contributed by atoms with E-state index in [9.17, 15) is 24.0 Å². The van der Waals surface area contributed by atoms with Crippen LogP contribution in [0.15, 0.2) is 21.9 Å². The Morgan fingerprint density at radius 2 is 1.92 bits per heavy atom. The number of amides is 2. The minimum absolute atomic E-state index is 0.0769. The summed E-state index contributed by atoms with van der Waals surface area (Å²) >= 11 is 0.